The number of anilines is 2. The Labute approximate surface area is 264 Å². The summed E-state index contributed by atoms with van der Waals surface area (Å²) in [5, 5.41) is 17.7. The molecule has 2 amide bonds. The van der Waals surface area contributed by atoms with Crippen molar-refractivity contribution in [2.75, 3.05) is 29.5 Å². The van der Waals surface area contributed by atoms with Gasteiger partial charge in [0.15, 0.2) is 0 Å². The minimum atomic E-state index is -3.73. The molecule has 2 heterocycles. The van der Waals surface area contributed by atoms with Gasteiger partial charge in [0.25, 0.3) is 5.91 Å². The number of aromatic nitrogens is 1. The maximum Gasteiger partial charge on any atom is 0.410 e. The van der Waals surface area contributed by atoms with Crippen molar-refractivity contribution in [2.45, 2.75) is 96.6 Å². The normalized spacial score (nSPS) is 17.6. The van der Waals surface area contributed by atoms with Gasteiger partial charge in [-0.1, -0.05) is 6.92 Å². The summed E-state index contributed by atoms with van der Waals surface area (Å²) < 4.78 is 59.4. The lowest BCUT2D eigenvalue weighted by Crippen LogP contribution is -2.58. The van der Waals surface area contributed by atoms with Gasteiger partial charge in [0, 0.05) is 31.3 Å². The van der Waals surface area contributed by atoms with E-state index in [1.807, 2.05) is 13.8 Å². The van der Waals surface area contributed by atoms with Gasteiger partial charge in [-0.15, -0.1) is 0 Å². The van der Waals surface area contributed by atoms with Gasteiger partial charge in [0.1, 0.15) is 28.9 Å². The van der Waals surface area contributed by atoms with E-state index in [4.69, 9.17) is 4.74 Å². The molecule has 2 aromatic rings. The molecule has 250 valence electrons. The average Bonchev–Trinajstić information content (AvgIpc) is 2.93. The Morgan fingerprint density at radius 2 is 1.80 bits per heavy atom. The van der Waals surface area contributed by atoms with Crippen LogP contribution in [0.25, 0.3) is 0 Å². The number of nitrogens with one attached hydrogen (secondary N) is 2. The molecule has 0 spiro atoms. The number of aliphatic hydroxyl groups is 1. The topological polar surface area (TPSA) is 141 Å². The molecular formula is C31H45F2N5O6S. The van der Waals surface area contributed by atoms with Crippen LogP contribution < -0.4 is 14.9 Å². The summed E-state index contributed by atoms with van der Waals surface area (Å²) in [4.78, 5) is 32.7. The Bertz CT molecular complexity index is 1450. The highest BCUT2D eigenvalue weighted by Crippen LogP contribution is 2.26. The molecule has 1 aliphatic rings. The standard InChI is InChI=1S/C31H45F2N5O6S/c1-8-19(2)34-26-16-21(17-27(36-26)37(6)45(7,42)43)29(40)35-24(15-20-13-22(32)18-23(33)14-20)28(39)25-11-9-10-12-38(25)30(41)44-31(3,4)5/h13-14,16-19,24-25,28,39H,8-12,15H2,1-7H3,(H,34,36)(H,35,40)/t19-,24?,25?,28?/m0/s1. The number of hydrogen-bond acceptors (Lipinski definition) is 8. The Kier molecular flexibility index (Phi) is 11.8. The number of halogens is 2. The van der Waals surface area contributed by atoms with Crippen LogP contribution in [0.2, 0.25) is 0 Å². The summed E-state index contributed by atoms with van der Waals surface area (Å²) in [7, 11) is -2.41. The Hall–Kier alpha value is -3.52. The molecule has 1 aromatic carbocycles. The summed E-state index contributed by atoms with van der Waals surface area (Å²) in [6.07, 6.45) is 1.39. The molecule has 0 saturated carbocycles. The number of benzene rings is 1. The minimum Gasteiger partial charge on any atom is -0.444 e. The molecule has 0 bridgehead atoms. The van der Waals surface area contributed by atoms with Gasteiger partial charge in [-0.2, -0.15) is 0 Å². The number of amides is 2. The number of carbonyl (C=O) groups is 2. The Morgan fingerprint density at radius 3 is 2.38 bits per heavy atom. The fourth-order valence-corrected chi connectivity index (χ4v) is 5.46. The van der Waals surface area contributed by atoms with E-state index in [2.05, 4.69) is 15.6 Å². The molecule has 14 heteroatoms. The van der Waals surface area contributed by atoms with Crippen LogP contribution in [-0.2, 0) is 21.2 Å². The molecule has 1 aliphatic heterocycles. The average molecular weight is 654 g/mol. The second kappa shape index (κ2) is 14.7. The van der Waals surface area contributed by atoms with Gasteiger partial charge in [0.2, 0.25) is 10.0 Å². The molecule has 3 unspecified atom stereocenters. The predicted octanol–water partition coefficient (Wildman–Crippen LogP) is 4.46. The summed E-state index contributed by atoms with van der Waals surface area (Å²) in [5.41, 5.74) is -0.560. The third-order valence-corrected chi connectivity index (χ3v) is 8.76. The zero-order valence-corrected chi connectivity index (χ0v) is 27.7. The van der Waals surface area contributed by atoms with Crippen LogP contribution in [0.4, 0.5) is 25.2 Å². The molecule has 45 heavy (non-hydrogen) atoms. The number of hydrogen-bond donors (Lipinski definition) is 3. The van der Waals surface area contributed by atoms with Gasteiger partial charge in [0.05, 0.1) is 24.4 Å². The van der Waals surface area contributed by atoms with Gasteiger partial charge in [-0.05, 0) is 89.6 Å². The van der Waals surface area contributed by atoms with Crippen molar-refractivity contribution in [3.05, 3.63) is 53.1 Å². The van der Waals surface area contributed by atoms with E-state index in [9.17, 15) is 31.9 Å². The first-order chi connectivity index (χ1) is 20.9. The number of pyridine rings is 1. The van der Waals surface area contributed by atoms with Gasteiger partial charge in [-0.3, -0.25) is 9.10 Å². The molecule has 1 saturated heterocycles. The minimum absolute atomic E-state index is 0.0105. The van der Waals surface area contributed by atoms with E-state index < -0.39 is 57.4 Å². The zero-order chi connectivity index (χ0) is 33.7. The maximum atomic E-state index is 14.2. The SMILES string of the molecule is CC[C@H](C)Nc1cc(C(=O)NC(Cc2cc(F)cc(F)c2)C(O)C2CCCCN2C(=O)OC(C)(C)C)cc(N(C)S(C)(=O)=O)n1. The van der Waals surface area contributed by atoms with Crippen LogP contribution in [0, 0.1) is 11.6 Å². The molecule has 1 fully saturated rings. The van der Waals surface area contributed by atoms with Gasteiger partial charge >= 0.3 is 6.09 Å². The van der Waals surface area contributed by atoms with Crippen LogP contribution in [-0.4, -0.2) is 85.1 Å². The second-order valence-corrected chi connectivity index (χ2v) is 14.6. The first kappa shape index (κ1) is 36.0. The van der Waals surface area contributed by atoms with E-state index in [-0.39, 0.29) is 35.2 Å². The van der Waals surface area contributed by atoms with Crippen molar-refractivity contribution in [3.63, 3.8) is 0 Å². The van der Waals surface area contributed by atoms with Crippen LogP contribution in [0.3, 0.4) is 0 Å². The van der Waals surface area contributed by atoms with E-state index in [1.54, 1.807) is 20.8 Å². The molecule has 3 rings (SSSR count). The molecule has 1 aromatic heterocycles. The fourth-order valence-electron chi connectivity index (χ4n) is 5.03. The van der Waals surface area contributed by atoms with E-state index in [1.165, 1.54) is 24.1 Å². The highest BCUT2D eigenvalue weighted by Gasteiger charge is 2.39. The van der Waals surface area contributed by atoms with Gasteiger partial charge in [-0.25, -0.2) is 27.0 Å². The molecule has 3 N–H and O–H groups in total. The van der Waals surface area contributed by atoms with Crippen LogP contribution >= 0.6 is 0 Å². The molecular weight excluding hydrogens is 608 g/mol. The summed E-state index contributed by atoms with van der Waals surface area (Å²) >= 11 is 0. The maximum absolute atomic E-state index is 14.2. The van der Waals surface area contributed by atoms with E-state index in [0.717, 1.165) is 35.2 Å². The van der Waals surface area contributed by atoms with Crippen LogP contribution in [0.5, 0.6) is 0 Å². The third-order valence-electron chi connectivity index (χ3n) is 7.58. The highest BCUT2D eigenvalue weighted by atomic mass is 32.2. The first-order valence-electron chi connectivity index (χ1n) is 15.0. The largest absolute Gasteiger partial charge is 0.444 e. The van der Waals surface area contributed by atoms with Crippen LogP contribution in [0.15, 0.2) is 30.3 Å². The molecule has 4 atom stereocenters. The lowest BCUT2D eigenvalue weighted by atomic mass is 9.90. The van der Waals surface area contributed by atoms with E-state index in [0.29, 0.717) is 25.8 Å². The number of sulfonamides is 1. The summed E-state index contributed by atoms with van der Waals surface area (Å²) in [5.74, 6) is -2.07. The van der Waals surface area contributed by atoms with Crippen LogP contribution in [0.1, 0.15) is 76.2 Å². The number of aliphatic hydroxyl groups excluding tert-OH is 1. The number of piperidine rings is 1. The van der Waals surface area contributed by atoms with E-state index >= 15 is 0 Å². The second-order valence-electron chi connectivity index (χ2n) is 12.6. The van der Waals surface area contributed by atoms with Crippen molar-refractivity contribution in [2.24, 2.45) is 0 Å². The quantitative estimate of drug-likeness (QED) is 0.323. The van der Waals surface area contributed by atoms with Gasteiger partial charge < -0.3 is 25.4 Å². The Balaban J connectivity index is 2.02. The monoisotopic (exact) mass is 653 g/mol. The fraction of sp³-hybridized carbons (Fsp3) is 0.581. The lowest BCUT2D eigenvalue weighted by molar-refractivity contribution is -0.0243. The van der Waals surface area contributed by atoms with Crippen molar-refractivity contribution < 1.29 is 36.6 Å². The van der Waals surface area contributed by atoms with Crippen molar-refractivity contribution in [1.82, 2.24) is 15.2 Å². The molecule has 0 radical (unpaired) electrons. The smallest absolute Gasteiger partial charge is 0.410 e. The molecule has 11 nitrogen and oxygen atoms in total. The molecule has 0 aliphatic carbocycles. The highest BCUT2D eigenvalue weighted by molar-refractivity contribution is 7.92. The van der Waals surface area contributed by atoms with Crippen molar-refractivity contribution in [1.29, 1.82) is 0 Å². The number of rotatable bonds is 11. The van der Waals surface area contributed by atoms with Crippen molar-refractivity contribution in [3.8, 4) is 0 Å². The summed E-state index contributed by atoms with van der Waals surface area (Å²) in [6, 6.07) is 3.79. The number of likely N-dealkylation sites (tertiary alicyclic amines) is 1. The predicted molar refractivity (Wildman–Crippen MR) is 169 cm³/mol. The zero-order valence-electron chi connectivity index (χ0n) is 26.9. The third kappa shape index (κ3) is 10.2. The summed E-state index contributed by atoms with van der Waals surface area (Å²) in [6.45, 7) is 9.37. The number of nitrogens with zero attached hydrogens (tertiary/aromatic N) is 3. The Morgan fingerprint density at radius 1 is 1.16 bits per heavy atom. The lowest BCUT2D eigenvalue weighted by Gasteiger charge is -2.41. The first-order valence-corrected chi connectivity index (χ1v) is 16.9. The number of ether oxygens (including phenoxy) is 1. The number of carbonyl (C=O) groups excluding carboxylic acids is 2. The van der Waals surface area contributed by atoms with Crippen molar-refractivity contribution >= 4 is 33.7 Å².